The van der Waals surface area contributed by atoms with Crippen molar-refractivity contribution >= 4 is 11.0 Å². The monoisotopic (exact) mass is 369 g/mol. The minimum atomic E-state index is -0.134. The van der Waals surface area contributed by atoms with Crippen LogP contribution in [0, 0.1) is 0 Å². The fourth-order valence-electron chi connectivity index (χ4n) is 3.22. The molecule has 0 aromatic carbocycles. The number of allylic oxidation sites excluding steroid dienone is 4. The smallest absolute Gasteiger partial charge is 0.277 e. The second-order valence-electron chi connectivity index (χ2n) is 6.69. The largest absolute Gasteiger partial charge is 0.372 e. The molecule has 2 aromatic rings. The van der Waals surface area contributed by atoms with Crippen LogP contribution in [0.4, 0.5) is 0 Å². The van der Waals surface area contributed by atoms with E-state index in [9.17, 15) is 4.79 Å². The van der Waals surface area contributed by atoms with Crippen LogP contribution in [0.1, 0.15) is 45.6 Å². The van der Waals surface area contributed by atoms with E-state index in [0.717, 1.165) is 48.4 Å². The van der Waals surface area contributed by atoms with Gasteiger partial charge < -0.3 is 9.88 Å². The van der Waals surface area contributed by atoms with Crippen molar-refractivity contribution in [2.75, 3.05) is 13.1 Å². The van der Waals surface area contributed by atoms with Gasteiger partial charge in [-0.1, -0.05) is 31.6 Å². The van der Waals surface area contributed by atoms with E-state index in [1.54, 1.807) is 11.7 Å². The zero-order chi connectivity index (χ0) is 20.0. The summed E-state index contributed by atoms with van der Waals surface area (Å²) < 4.78 is 1.63. The predicted molar refractivity (Wildman–Crippen MR) is 112 cm³/mol. The molecule has 0 unspecified atom stereocenters. The number of rotatable bonds is 9. The summed E-state index contributed by atoms with van der Waals surface area (Å²) >= 11 is 0. The SMILES string of the molecule is C=C/C(=C\C=C(/C)Cc1nc2c(CCC)nn(C)c2c(=O)[nH]1)N(CC)CC. The molecule has 0 aliphatic rings. The molecule has 27 heavy (non-hydrogen) atoms. The number of hydrogen-bond donors (Lipinski definition) is 1. The van der Waals surface area contributed by atoms with Gasteiger partial charge in [0.25, 0.3) is 5.56 Å². The Labute approximate surface area is 161 Å². The van der Waals surface area contributed by atoms with Crippen molar-refractivity contribution in [1.29, 1.82) is 0 Å². The van der Waals surface area contributed by atoms with Crippen molar-refractivity contribution < 1.29 is 0 Å². The summed E-state index contributed by atoms with van der Waals surface area (Å²) in [6.07, 6.45) is 8.38. The molecule has 2 rings (SSSR count). The summed E-state index contributed by atoms with van der Waals surface area (Å²) in [5.74, 6) is 0.669. The van der Waals surface area contributed by atoms with Crippen LogP contribution in [0.15, 0.2) is 40.9 Å². The van der Waals surface area contributed by atoms with Gasteiger partial charge >= 0.3 is 0 Å². The molecule has 0 atom stereocenters. The van der Waals surface area contributed by atoms with E-state index < -0.39 is 0 Å². The maximum atomic E-state index is 12.5. The third-order valence-electron chi connectivity index (χ3n) is 4.62. The second kappa shape index (κ2) is 9.35. The molecule has 0 radical (unpaired) electrons. The number of nitrogens with one attached hydrogen (secondary N) is 1. The molecule has 0 bridgehead atoms. The van der Waals surface area contributed by atoms with Gasteiger partial charge in [0.05, 0.1) is 5.69 Å². The Balaban J connectivity index is 2.33. The third-order valence-corrected chi connectivity index (χ3v) is 4.62. The molecule has 2 aromatic heterocycles. The van der Waals surface area contributed by atoms with Crippen LogP contribution in [-0.2, 0) is 19.9 Å². The van der Waals surface area contributed by atoms with Crippen LogP contribution in [0.25, 0.3) is 11.0 Å². The Morgan fingerprint density at radius 2 is 1.96 bits per heavy atom. The van der Waals surface area contributed by atoms with Crippen LogP contribution in [0.5, 0.6) is 0 Å². The molecule has 0 aliphatic heterocycles. The second-order valence-corrected chi connectivity index (χ2v) is 6.69. The van der Waals surface area contributed by atoms with Crippen LogP contribution >= 0.6 is 0 Å². The predicted octanol–water partition coefficient (Wildman–Crippen LogP) is 3.51. The summed E-state index contributed by atoms with van der Waals surface area (Å²) in [5, 5.41) is 4.46. The Morgan fingerprint density at radius 3 is 2.56 bits per heavy atom. The molecule has 1 N–H and O–H groups in total. The molecule has 0 aliphatic carbocycles. The summed E-state index contributed by atoms with van der Waals surface area (Å²) in [6, 6.07) is 0. The minimum Gasteiger partial charge on any atom is -0.372 e. The molecule has 0 fully saturated rings. The van der Waals surface area contributed by atoms with E-state index >= 15 is 0 Å². The average molecular weight is 370 g/mol. The quantitative estimate of drug-likeness (QED) is 0.687. The maximum absolute atomic E-state index is 12.5. The Kier molecular flexibility index (Phi) is 7.16. The van der Waals surface area contributed by atoms with Crippen molar-refractivity contribution in [3.05, 3.63) is 57.9 Å². The van der Waals surface area contributed by atoms with Gasteiger partial charge in [-0.15, -0.1) is 0 Å². The fraction of sp³-hybridized carbons (Fsp3) is 0.476. The molecule has 0 saturated carbocycles. The van der Waals surface area contributed by atoms with E-state index in [1.807, 2.05) is 13.0 Å². The van der Waals surface area contributed by atoms with Crippen molar-refractivity contribution in [3.63, 3.8) is 0 Å². The summed E-state index contributed by atoms with van der Waals surface area (Å²) in [5.41, 5.74) is 4.22. The molecule has 146 valence electrons. The van der Waals surface area contributed by atoms with Gasteiger partial charge in [-0.3, -0.25) is 9.48 Å². The molecule has 0 spiro atoms. The molecular weight excluding hydrogens is 338 g/mol. The molecule has 6 heteroatoms. The van der Waals surface area contributed by atoms with Crippen molar-refractivity contribution in [2.24, 2.45) is 7.05 Å². The standard InChI is InChI=1S/C21H31N5O/c1-7-11-17-19-20(25(6)24-17)21(27)23-18(22-19)14-15(5)12-13-16(8-2)26(9-3)10-4/h8,12-13H,2,7,9-11,14H2,1,3-6H3,(H,22,23,27)/b15-12+,16-13+. The Hall–Kier alpha value is -2.63. The lowest BCUT2D eigenvalue weighted by Gasteiger charge is -2.21. The lowest BCUT2D eigenvalue weighted by molar-refractivity contribution is 0.395. The molecule has 0 amide bonds. The van der Waals surface area contributed by atoms with Gasteiger partial charge in [0.15, 0.2) is 5.52 Å². The number of aromatic amines is 1. The number of aromatic nitrogens is 4. The van der Waals surface area contributed by atoms with Crippen molar-refractivity contribution in [1.82, 2.24) is 24.6 Å². The summed E-state index contributed by atoms with van der Waals surface area (Å²) in [7, 11) is 1.79. The topological polar surface area (TPSA) is 66.8 Å². The highest BCUT2D eigenvalue weighted by molar-refractivity contribution is 5.76. The number of hydrogen-bond acceptors (Lipinski definition) is 4. The molecular formula is C21H31N5O. The minimum absolute atomic E-state index is 0.134. The lowest BCUT2D eigenvalue weighted by atomic mass is 10.1. The highest BCUT2D eigenvalue weighted by atomic mass is 16.1. The Bertz CT molecular complexity index is 913. The van der Waals surface area contributed by atoms with Crippen molar-refractivity contribution in [2.45, 2.75) is 47.0 Å². The summed E-state index contributed by atoms with van der Waals surface area (Å²) in [4.78, 5) is 22.3. The van der Waals surface area contributed by atoms with Crippen molar-refractivity contribution in [3.8, 4) is 0 Å². The first-order chi connectivity index (χ1) is 12.9. The number of nitrogens with zero attached hydrogens (tertiary/aromatic N) is 4. The van der Waals surface area contributed by atoms with Gasteiger partial charge in [0.2, 0.25) is 0 Å². The fourth-order valence-corrected chi connectivity index (χ4v) is 3.22. The third kappa shape index (κ3) is 4.76. The van der Waals surface area contributed by atoms with E-state index in [2.05, 4.69) is 54.5 Å². The van der Waals surface area contributed by atoms with Gasteiger partial charge in [-0.05, 0) is 39.3 Å². The first kappa shape index (κ1) is 20.7. The normalized spacial score (nSPS) is 12.6. The number of aryl methyl sites for hydroxylation is 2. The van der Waals surface area contributed by atoms with E-state index in [0.29, 0.717) is 17.8 Å². The van der Waals surface area contributed by atoms with E-state index in [1.165, 1.54) is 0 Å². The van der Waals surface area contributed by atoms with Crippen LogP contribution in [0.2, 0.25) is 0 Å². The zero-order valence-corrected chi connectivity index (χ0v) is 17.2. The first-order valence-electron chi connectivity index (χ1n) is 9.64. The molecule has 2 heterocycles. The maximum Gasteiger partial charge on any atom is 0.277 e. The summed E-state index contributed by atoms with van der Waals surface area (Å²) in [6.45, 7) is 14.2. The average Bonchev–Trinajstić information content (AvgIpc) is 2.95. The van der Waals surface area contributed by atoms with Crippen LogP contribution in [0.3, 0.4) is 0 Å². The Morgan fingerprint density at radius 1 is 1.26 bits per heavy atom. The highest BCUT2D eigenvalue weighted by Gasteiger charge is 2.14. The highest BCUT2D eigenvalue weighted by Crippen LogP contribution is 2.15. The van der Waals surface area contributed by atoms with Gasteiger partial charge in [-0.2, -0.15) is 5.10 Å². The number of H-pyrrole nitrogens is 1. The zero-order valence-electron chi connectivity index (χ0n) is 17.2. The van der Waals surface area contributed by atoms with Gasteiger partial charge in [0, 0.05) is 32.3 Å². The number of likely N-dealkylation sites (N-methyl/N-ethyl adjacent to an activating group) is 1. The van der Waals surface area contributed by atoms with Crippen LogP contribution < -0.4 is 5.56 Å². The lowest BCUT2D eigenvalue weighted by Crippen LogP contribution is -2.20. The van der Waals surface area contributed by atoms with E-state index in [-0.39, 0.29) is 5.56 Å². The molecule has 6 nitrogen and oxygen atoms in total. The van der Waals surface area contributed by atoms with Crippen LogP contribution in [-0.4, -0.2) is 37.7 Å². The molecule has 0 saturated heterocycles. The number of fused-ring (bicyclic) bond motifs is 1. The van der Waals surface area contributed by atoms with Gasteiger partial charge in [0.1, 0.15) is 11.3 Å². The van der Waals surface area contributed by atoms with E-state index in [4.69, 9.17) is 4.98 Å². The van der Waals surface area contributed by atoms with Gasteiger partial charge in [-0.25, -0.2) is 4.98 Å². The first-order valence-corrected chi connectivity index (χ1v) is 9.64.